The lowest BCUT2D eigenvalue weighted by molar-refractivity contribution is -0.156. The average molecular weight is 1060 g/mol. The monoisotopic (exact) mass is 1060 g/mol. The Labute approximate surface area is 456 Å². The highest BCUT2D eigenvalue weighted by Gasteiger charge is 2.18. The molecule has 5 rings (SSSR count). The number of carbonyl (C=O) groups is 6. The van der Waals surface area contributed by atoms with E-state index < -0.39 is 48.0 Å². The number of esters is 6. The van der Waals surface area contributed by atoms with Crippen molar-refractivity contribution in [1.29, 1.82) is 0 Å². The molecule has 0 aliphatic rings. The van der Waals surface area contributed by atoms with Crippen LogP contribution < -0.4 is 18.9 Å². The predicted octanol–water partition coefficient (Wildman–Crippen LogP) is 10.8. The second-order valence-electron chi connectivity index (χ2n) is 17.2. The molecule has 78 heavy (non-hydrogen) atoms. The van der Waals surface area contributed by atoms with Crippen LogP contribution in [0.3, 0.4) is 0 Å². The van der Waals surface area contributed by atoms with Gasteiger partial charge in [0.25, 0.3) is 0 Å². The number of carbonyl (C=O) groups excluding carboxylic acids is 6. The maximum Gasteiger partial charge on any atom is 0.343 e. The summed E-state index contributed by atoms with van der Waals surface area (Å²) in [5.41, 5.74) is 5.75. The van der Waals surface area contributed by atoms with Gasteiger partial charge in [-0.1, -0.05) is 87.8 Å². The highest BCUT2D eigenvalue weighted by Crippen LogP contribution is 2.22. The lowest BCUT2D eigenvalue weighted by Crippen LogP contribution is -2.30. The van der Waals surface area contributed by atoms with Crippen molar-refractivity contribution in [2.75, 3.05) is 39.6 Å². The SMILES string of the molecule is C=CC(=O)OCC(COCCCCOc1ccc(C(=O)Oc2ccc(C(=O)Oc3ccc(C)cc3C)cc2)cc1)OC(=O)C=C.C=CC(=O)OCC(COc1ccc(C#Cc2ccc(CCCCC)cc2)cc1)OC(=O)C=C. The molecule has 0 radical (unpaired) electrons. The largest absolute Gasteiger partial charge is 0.494 e. The van der Waals surface area contributed by atoms with Crippen LogP contribution in [0.25, 0.3) is 0 Å². The van der Waals surface area contributed by atoms with E-state index in [2.05, 4.69) is 69.3 Å². The quantitative estimate of drug-likeness (QED) is 0.0110. The number of aryl methyl sites for hydroxylation is 3. The minimum absolute atomic E-state index is 0.0135. The highest BCUT2D eigenvalue weighted by molar-refractivity contribution is 5.93. The van der Waals surface area contributed by atoms with E-state index >= 15 is 0 Å². The molecule has 0 spiro atoms. The zero-order valence-corrected chi connectivity index (χ0v) is 44.4. The Kier molecular flexibility index (Phi) is 27.3. The van der Waals surface area contributed by atoms with Gasteiger partial charge < -0.3 is 42.6 Å². The Morgan fingerprint density at radius 3 is 1.53 bits per heavy atom. The van der Waals surface area contributed by atoms with E-state index in [4.69, 9.17) is 42.6 Å². The van der Waals surface area contributed by atoms with Gasteiger partial charge in [-0.05, 0) is 142 Å². The van der Waals surface area contributed by atoms with Crippen LogP contribution in [0, 0.1) is 25.7 Å². The van der Waals surface area contributed by atoms with Gasteiger partial charge in [0.15, 0.2) is 12.2 Å². The molecule has 0 aliphatic carbocycles. The third kappa shape index (κ3) is 23.7. The Hall–Kier alpha value is -9.00. The van der Waals surface area contributed by atoms with Gasteiger partial charge in [0.2, 0.25) is 0 Å². The Morgan fingerprint density at radius 2 is 0.987 bits per heavy atom. The Morgan fingerprint density at radius 1 is 0.500 bits per heavy atom. The number of hydrogen-bond acceptors (Lipinski definition) is 15. The van der Waals surface area contributed by atoms with E-state index in [9.17, 15) is 28.8 Å². The van der Waals surface area contributed by atoms with Crippen molar-refractivity contribution < 1.29 is 71.4 Å². The van der Waals surface area contributed by atoms with Gasteiger partial charge in [0.1, 0.15) is 42.8 Å². The minimum atomic E-state index is -0.774. The third-order valence-electron chi connectivity index (χ3n) is 10.9. The minimum Gasteiger partial charge on any atom is -0.494 e. The maximum atomic E-state index is 12.6. The standard InChI is InChI=1S/C35H36O10.C28H30O5/c1-5-32(36)42-23-30(43-33(37)6-2)22-40-19-7-8-20-41-28-14-10-26(11-15-28)34(38)44-29-16-12-27(13-17-29)35(39)45-31-18-9-24(3)21-25(31)4;1-4-7-8-9-22-10-12-23(13-11-22)14-15-24-16-18-25(19-17-24)31-20-26(33-28(30)6-3)21-32-27(29)5-2/h5-6,9-18,21,30H,1-2,7-8,19-20,22-23H2,3-4H3;5-6,10-13,16-19,26H,2-4,7-9,20-21H2,1H3. The van der Waals surface area contributed by atoms with E-state index in [0.717, 1.165) is 53.0 Å². The molecule has 5 aromatic carbocycles. The Balaban J connectivity index is 0.000000353. The summed E-state index contributed by atoms with van der Waals surface area (Å²) in [4.78, 5) is 70.6. The van der Waals surface area contributed by atoms with Gasteiger partial charge >= 0.3 is 35.8 Å². The molecule has 0 bridgehead atoms. The molecule has 0 aliphatic heterocycles. The number of benzene rings is 5. The molecule has 15 nitrogen and oxygen atoms in total. The summed E-state index contributed by atoms with van der Waals surface area (Å²) in [5, 5.41) is 0. The molecular weight excluding hydrogens is 997 g/mol. The van der Waals surface area contributed by atoms with Gasteiger partial charge in [-0.2, -0.15) is 0 Å². The molecule has 0 aromatic heterocycles. The first kappa shape index (κ1) is 61.5. The zero-order chi connectivity index (χ0) is 56.5. The first-order chi connectivity index (χ1) is 37.7. The van der Waals surface area contributed by atoms with Crippen LogP contribution in [0.1, 0.15) is 87.6 Å². The van der Waals surface area contributed by atoms with E-state index in [-0.39, 0.29) is 32.2 Å². The summed E-state index contributed by atoms with van der Waals surface area (Å²) < 4.78 is 48.0. The number of rotatable bonds is 29. The molecule has 0 fully saturated rings. The number of hydrogen-bond donors (Lipinski definition) is 0. The molecule has 5 aromatic rings. The topological polar surface area (TPSA) is 185 Å². The summed E-state index contributed by atoms with van der Waals surface area (Å²) in [6.07, 6.45) is 8.72. The average Bonchev–Trinajstić information content (AvgIpc) is 3.46. The third-order valence-corrected chi connectivity index (χ3v) is 10.9. The number of unbranched alkanes of at least 4 members (excludes halogenated alkanes) is 3. The van der Waals surface area contributed by atoms with Crippen molar-refractivity contribution in [1.82, 2.24) is 0 Å². The molecular formula is C63H66O15. The lowest BCUT2D eigenvalue weighted by atomic mass is 10.1. The van der Waals surface area contributed by atoms with Gasteiger partial charge in [-0.25, -0.2) is 28.8 Å². The molecule has 15 heteroatoms. The van der Waals surface area contributed by atoms with Crippen LogP contribution >= 0.6 is 0 Å². The van der Waals surface area contributed by atoms with Gasteiger partial charge in [0.05, 0.1) is 24.3 Å². The van der Waals surface area contributed by atoms with Crippen LogP contribution in [0.4, 0.5) is 0 Å². The van der Waals surface area contributed by atoms with Gasteiger partial charge in [-0.3, -0.25) is 0 Å². The Bertz CT molecular complexity index is 2840. The summed E-state index contributed by atoms with van der Waals surface area (Å²) >= 11 is 0. The van der Waals surface area contributed by atoms with E-state index in [1.54, 1.807) is 42.5 Å². The van der Waals surface area contributed by atoms with Crippen molar-refractivity contribution in [3.05, 3.63) is 205 Å². The lowest BCUT2D eigenvalue weighted by Gasteiger charge is -2.17. The van der Waals surface area contributed by atoms with Crippen LogP contribution in [-0.2, 0) is 49.3 Å². The van der Waals surface area contributed by atoms with E-state index in [1.165, 1.54) is 49.1 Å². The van der Waals surface area contributed by atoms with Gasteiger partial charge in [-0.15, -0.1) is 0 Å². The first-order valence-corrected chi connectivity index (χ1v) is 25.2. The predicted molar refractivity (Wildman–Crippen MR) is 294 cm³/mol. The normalized spacial score (nSPS) is 11.0. The molecule has 0 amide bonds. The van der Waals surface area contributed by atoms with Crippen molar-refractivity contribution in [2.24, 2.45) is 0 Å². The zero-order valence-electron chi connectivity index (χ0n) is 44.4. The molecule has 2 unspecified atom stereocenters. The van der Waals surface area contributed by atoms with Crippen molar-refractivity contribution in [3.8, 4) is 34.8 Å². The van der Waals surface area contributed by atoms with Crippen LogP contribution in [0.15, 0.2) is 166 Å². The summed E-state index contributed by atoms with van der Waals surface area (Å²) in [7, 11) is 0. The molecule has 0 saturated carbocycles. The fourth-order valence-electron chi connectivity index (χ4n) is 6.72. The summed E-state index contributed by atoms with van der Waals surface area (Å²) in [5.74, 6) is 4.68. The van der Waals surface area contributed by atoms with Crippen LogP contribution in [0.5, 0.6) is 23.0 Å². The second kappa shape index (κ2) is 34.5. The van der Waals surface area contributed by atoms with E-state index in [0.29, 0.717) is 54.4 Å². The fraction of sp³-hybridized carbons (Fsp3) is 0.270. The van der Waals surface area contributed by atoms with Crippen LogP contribution in [0.2, 0.25) is 0 Å². The van der Waals surface area contributed by atoms with Crippen molar-refractivity contribution >= 4 is 35.8 Å². The summed E-state index contributed by atoms with van der Waals surface area (Å²) in [6, 6.07) is 33.9. The van der Waals surface area contributed by atoms with Crippen molar-refractivity contribution in [2.45, 2.75) is 71.5 Å². The molecule has 0 saturated heterocycles. The van der Waals surface area contributed by atoms with E-state index in [1.807, 2.05) is 38.1 Å². The summed E-state index contributed by atoms with van der Waals surface area (Å²) in [6.45, 7) is 19.9. The fourth-order valence-corrected chi connectivity index (χ4v) is 6.72. The number of ether oxygens (including phenoxy) is 9. The maximum absolute atomic E-state index is 12.6. The van der Waals surface area contributed by atoms with Gasteiger partial charge in [0, 0.05) is 42.0 Å². The first-order valence-electron chi connectivity index (χ1n) is 25.2. The molecule has 0 N–H and O–H groups in total. The molecule has 0 heterocycles. The van der Waals surface area contributed by atoms with Crippen LogP contribution in [-0.4, -0.2) is 87.7 Å². The highest BCUT2D eigenvalue weighted by atomic mass is 16.6. The molecule has 2 atom stereocenters. The van der Waals surface area contributed by atoms with Crippen molar-refractivity contribution in [3.63, 3.8) is 0 Å². The second-order valence-corrected chi connectivity index (χ2v) is 17.2. The smallest absolute Gasteiger partial charge is 0.343 e. The molecule has 408 valence electrons.